The molecule has 140 valence electrons. The molecule has 9 nitrogen and oxygen atoms in total. The van der Waals surface area contributed by atoms with Gasteiger partial charge in [0.15, 0.2) is 5.82 Å². The second-order valence-electron chi connectivity index (χ2n) is 5.49. The SMILES string of the molecule is CCc1n[nH]c(CNC(=O)Nc2cccnc2Oc2ccc(OC)cc2)n1. The minimum Gasteiger partial charge on any atom is -0.497 e. The third-order valence-electron chi connectivity index (χ3n) is 3.60. The first-order valence-corrected chi connectivity index (χ1v) is 8.40. The van der Waals surface area contributed by atoms with Crippen molar-refractivity contribution in [3.8, 4) is 17.4 Å². The lowest BCUT2D eigenvalue weighted by molar-refractivity contribution is 0.251. The Morgan fingerprint density at radius 3 is 2.67 bits per heavy atom. The summed E-state index contributed by atoms with van der Waals surface area (Å²) in [6, 6.07) is 10.1. The number of methoxy groups -OCH3 is 1. The van der Waals surface area contributed by atoms with Gasteiger partial charge >= 0.3 is 6.03 Å². The number of urea groups is 1. The van der Waals surface area contributed by atoms with Gasteiger partial charge in [-0.25, -0.2) is 14.8 Å². The Kier molecular flexibility index (Phi) is 5.83. The van der Waals surface area contributed by atoms with E-state index in [-0.39, 0.29) is 12.4 Å². The number of nitrogens with zero attached hydrogens (tertiary/aromatic N) is 3. The van der Waals surface area contributed by atoms with Crippen LogP contribution in [0.25, 0.3) is 0 Å². The predicted octanol–water partition coefficient (Wildman–Crippen LogP) is 2.88. The van der Waals surface area contributed by atoms with E-state index in [2.05, 4.69) is 30.8 Å². The normalized spacial score (nSPS) is 10.3. The maximum atomic E-state index is 12.2. The Morgan fingerprint density at radius 2 is 1.96 bits per heavy atom. The van der Waals surface area contributed by atoms with Crippen LogP contribution in [0.1, 0.15) is 18.6 Å². The Labute approximate surface area is 156 Å². The third kappa shape index (κ3) is 4.94. The number of aromatic nitrogens is 4. The monoisotopic (exact) mass is 368 g/mol. The predicted molar refractivity (Wildman–Crippen MR) is 98.9 cm³/mol. The molecule has 0 bridgehead atoms. The average Bonchev–Trinajstić information content (AvgIpc) is 3.17. The van der Waals surface area contributed by atoms with Crippen LogP contribution in [-0.4, -0.2) is 33.3 Å². The number of carbonyl (C=O) groups excluding carboxylic acids is 1. The summed E-state index contributed by atoms with van der Waals surface area (Å²) in [5.41, 5.74) is 0.442. The Bertz CT molecular complexity index is 894. The fourth-order valence-electron chi connectivity index (χ4n) is 2.23. The second-order valence-corrected chi connectivity index (χ2v) is 5.49. The fraction of sp³-hybridized carbons (Fsp3) is 0.222. The van der Waals surface area contributed by atoms with E-state index in [1.54, 1.807) is 49.7 Å². The van der Waals surface area contributed by atoms with E-state index in [4.69, 9.17) is 9.47 Å². The largest absolute Gasteiger partial charge is 0.497 e. The standard InChI is InChI=1S/C18H20N6O3/c1-3-15-22-16(24-23-15)11-20-18(25)21-14-5-4-10-19-17(14)27-13-8-6-12(26-2)7-9-13/h4-10H,3,11H2,1-2H3,(H2,20,21,25)(H,22,23,24). The number of rotatable bonds is 7. The van der Waals surface area contributed by atoms with Crippen molar-refractivity contribution in [3.05, 3.63) is 54.2 Å². The molecule has 3 aromatic rings. The topological polar surface area (TPSA) is 114 Å². The molecule has 27 heavy (non-hydrogen) atoms. The third-order valence-corrected chi connectivity index (χ3v) is 3.60. The highest BCUT2D eigenvalue weighted by atomic mass is 16.5. The second kappa shape index (κ2) is 8.65. The van der Waals surface area contributed by atoms with Crippen LogP contribution in [0.2, 0.25) is 0 Å². The van der Waals surface area contributed by atoms with Crippen molar-refractivity contribution in [2.24, 2.45) is 0 Å². The first kappa shape index (κ1) is 18.2. The van der Waals surface area contributed by atoms with Crippen molar-refractivity contribution in [3.63, 3.8) is 0 Å². The zero-order chi connectivity index (χ0) is 19.1. The van der Waals surface area contributed by atoms with Gasteiger partial charge in [0.2, 0.25) is 5.88 Å². The number of H-pyrrole nitrogens is 1. The van der Waals surface area contributed by atoms with Crippen LogP contribution in [0.15, 0.2) is 42.6 Å². The molecule has 1 aromatic carbocycles. The van der Waals surface area contributed by atoms with E-state index >= 15 is 0 Å². The van der Waals surface area contributed by atoms with Crippen molar-refractivity contribution < 1.29 is 14.3 Å². The quantitative estimate of drug-likeness (QED) is 0.591. The number of aromatic amines is 1. The number of benzene rings is 1. The summed E-state index contributed by atoms with van der Waals surface area (Å²) in [6.07, 6.45) is 2.31. The van der Waals surface area contributed by atoms with Crippen LogP contribution in [0, 0.1) is 0 Å². The molecule has 0 aliphatic carbocycles. The van der Waals surface area contributed by atoms with Gasteiger partial charge in [-0.05, 0) is 36.4 Å². The fourth-order valence-corrected chi connectivity index (χ4v) is 2.23. The van der Waals surface area contributed by atoms with Gasteiger partial charge in [-0.2, -0.15) is 5.10 Å². The summed E-state index contributed by atoms with van der Waals surface area (Å²) < 4.78 is 10.9. The molecule has 2 aromatic heterocycles. The van der Waals surface area contributed by atoms with Crippen LogP contribution in [0.5, 0.6) is 17.4 Å². The Hall–Kier alpha value is -3.62. The number of anilines is 1. The van der Waals surface area contributed by atoms with Crippen LogP contribution in [0.4, 0.5) is 10.5 Å². The van der Waals surface area contributed by atoms with E-state index in [1.165, 1.54) is 0 Å². The smallest absolute Gasteiger partial charge is 0.319 e. The molecule has 0 radical (unpaired) electrons. The zero-order valence-electron chi connectivity index (χ0n) is 15.0. The average molecular weight is 368 g/mol. The van der Waals surface area contributed by atoms with Crippen molar-refractivity contribution in [2.75, 3.05) is 12.4 Å². The molecule has 0 aliphatic heterocycles. The van der Waals surface area contributed by atoms with Crippen molar-refractivity contribution >= 4 is 11.7 Å². The van der Waals surface area contributed by atoms with Gasteiger partial charge < -0.3 is 20.1 Å². The van der Waals surface area contributed by atoms with Crippen LogP contribution >= 0.6 is 0 Å². The molecule has 0 unspecified atom stereocenters. The minimum absolute atomic E-state index is 0.230. The number of pyridine rings is 1. The number of nitrogens with one attached hydrogen (secondary N) is 3. The number of aryl methyl sites for hydroxylation is 1. The number of ether oxygens (including phenoxy) is 2. The summed E-state index contributed by atoms with van der Waals surface area (Å²) >= 11 is 0. The molecular formula is C18H20N6O3. The van der Waals surface area contributed by atoms with E-state index in [1.807, 2.05) is 6.92 Å². The lowest BCUT2D eigenvalue weighted by Crippen LogP contribution is -2.28. The molecule has 0 atom stereocenters. The van der Waals surface area contributed by atoms with Gasteiger partial charge in [0.05, 0.1) is 13.7 Å². The number of hydrogen-bond donors (Lipinski definition) is 3. The van der Waals surface area contributed by atoms with E-state index in [0.717, 1.165) is 12.2 Å². The van der Waals surface area contributed by atoms with Crippen molar-refractivity contribution in [1.29, 1.82) is 0 Å². The van der Waals surface area contributed by atoms with Crippen molar-refractivity contribution in [1.82, 2.24) is 25.5 Å². The highest BCUT2D eigenvalue weighted by molar-refractivity contribution is 5.90. The molecule has 9 heteroatoms. The molecule has 0 saturated carbocycles. The molecule has 2 heterocycles. The molecular weight excluding hydrogens is 348 g/mol. The zero-order valence-corrected chi connectivity index (χ0v) is 15.0. The van der Waals surface area contributed by atoms with Crippen LogP contribution in [-0.2, 0) is 13.0 Å². The lowest BCUT2D eigenvalue weighted by atomic mass is 10.3. The van der Waals surface area contributed by atoms with Crippen molar-refractivity contribution in [2.45, 2.75) is 19.9 Å². The summed E-state index contributed by atoms with van der Waals surface area (Å²) in [7, 11) is 1.59. The number of hydrogen-bond acceptors (Lipinski definition) is 6. The minimum atomic E-state index is -0.406. The Morgan fingerprint density at radius 1 is 1.19 bits per heavy atom. The summed E-state index contributed by atoms with van der Waals surface area (Å²) in [5.74, 6) is 2.87. The van der Waals surface area contributed by atoms with Gasteiger partial charge in [0.25, 0.3) is 0 Å². The summed E-state index contributed by atoms with van der Waals surface area (Å²) in [5, 5.41) is 12.2. The molecule has 3 rings (SSSR count). The molecule has 0 spiro atoms. The van der Waals surface area contributed by atoms with E-state index in [9.17, 15) is 4.79 Å². The molecule has 0 fully saturated rings. The number of amides is 2. The Balaban J connectivity index is 1.61. The summed E-state index contributed by atoms with van der Waals surface area (Å²) in [6.45, 7) is 2.19. The summed E-state index contributed by atoms with van der Waals surface area (Å²) in [4.78, 5) is 20.6. The molecule has 0 aliphatic rings. The molecule has 3 N–H and O–H groups in total. The number of carbonyl (C=O) groups is 1. The maximum absolute atomic E-state index is 12.2. The highest BCUT2D eigenvalue weighted by Crippen LogP contribution is 2.27. The first-order chi connectivity index (χ1) is 13.2. The van der Waals surface area contributed by atoms with Gasteiger partial charge in [-0.1, -0.05) is 6.92 Å². The van der Waals surface area contributed by atoms with E-state index in [0.29, 0.717) is 23.1 Å². The van der Waals surface area contributed by atoms with Gasteiger partial charge in [-0.3, -0.25) is 5.10 Å². The highest BCUT2D eigenvalue weighted by Gasteiger charge is 2.10. The molecule has 2 amide bonds. The lowest BCUT2D eigenvalue weighted by Gasteiger charge is -2.11. The van der Waals surface area contributed by atoms with Crippen LogP contribution in [0.3, 0.4) is 0 Å². The first-order valence-electron chi connectivity index (χ1n) is 8.40. The van der Waals surface area contributed by atoms with Crippen LogP contribution < -0.4 is 20.1 Å². The molecule has 0 saturated heterocycles. The maximum Gasteiger partial charge on any atom is 0.319 e. The van der Waals surface area contributed by atoms with E-state index < -0.39 is 6.03 Å². The van der Waals surface area contributed by atoms with Gasteiger partial charge in [-0.15, -0.1) is 0 Å². The van der Waals surface area contributed by atoms with Gasteiger partial charge in [0.1, 0.15) is 23.0 Å². The van der Waals surface area contributed by atoms with Gasteiger partial charge in [0, 0.05) is 12.6 Å².